The third-order valence-electron chi connectivity index (χ3n) is 4.21. The minimum absolute atomic E-state index is 0.0736. The molecule has 158 valence electrons. The van der Waals surface area contributed by atoms with Crippen molar-refractivity contribution in [2.75, 3.05) is 5.75 Å². The third kappa shape index (κ3) is 4.76. The van der Waals surface area contributed by atoms with Crippen LogP contribution in [-0.4, -0.2) is 20.3 Å². The largest absolute Gasteiger partial charge is 0.611 e. The monoisotopic (exact) mass is 444 g/mol. The Kier molecular flexibility index (Phi) is 6.09. The maximum Gasteiger partial charge on any atom is 0.416 e. The van der Waals surface area contributed by atoms with E-state index in [2.05, 4.69) is 9.97 Å². The fourth-order valence-electron chi connectivity index (χ4n) is 2.75. The highest BCUT2D eigenvalue weighted by molar-refractivity contribution is 7.91. The molecule has 10 heteroatoms. The highest BCUT2D eigenvalue weighted by Crippen LogP contribution is 2.38. The van der Waals surface area contributed by atoms with Crippen LogP contribution in [0.2, 0.25) is 0 Å². The number of alkyl halides is 6. The Balaban J connectivity index is 2.06. The van der Waals surface area contributed by atoms with Gasteiger partial charge in [0.05, 0.1) is 16.8 Å². The van der Waals surface area contributed by atoms with Gasteiger partial charge in [-0.25, -0.2) is 4.98 Å². The normalized spacial score (nSPS) is 13.3. The molecular formula is C20H14F6N2OS. The molecular weight excluding hydrogens is 430 g/mol. The maximum atomic E-state index is 13.1. The molecule has 1 unspecified atom stereocenters. The van der Waals surface area contributed by atoms with Gasteiger partial charge in [-0.15, -0.1) is 0 Å². The predicted octanol–water partition coefficient (Wildman–Crippen LogP) is 5.98. The number of aromatic nitrogens is 2. The Morgan fingerprint density at radius 2 is 1.50 bits per heavy atom. The van der Waals surface area contributed by atoms with E-state index < -0.39 is 34.7 Å². The first kappa shape index (κ1) is 22.1. The van der Waals surface area contributed by atoms with Gasteiger partial charge < -0.3 is 4.55 Å². The summed E-state index contributed by atoms with van der Waals surface area (Å²) in [4.78, 5) is 8.73. The average molecular weight is 444 g/mol. The van der Waals surface area contributed by atoms with E-state index in [1.165, 1.54) is 18.3 Å². The van der Waals surface area contributed by atoms with Crippen molar-refractivity contribution in [1.82, 2.24) is 9.97 Å². The van der Waals surface area contributed by atoms with Crippen molar-refractivity contribution in [1.29, 1.82) is 0 Å². The van der Waals surface area contributed by atoms with E-state index >= 15 is 0 Å². The minimum atomic E-state index is -4.93. The fourth-order valence-corrected chi connectivity index (χ4v) is 3.66. The van der Waals surface area contributed by atoms with Crippen LogP contribution in [0.1, 0.15) is 18.1 Å². The first-order valence-electron chi connectivity index (χ1n) is 8.60. The molecule has 2 heterocycles. The van der Waals surface area contributed by atoms with Crippen LogP contribution in [0.15, 0.2) is 59.8 Å². The van der Waals surface area contributed by atoms with Crippen molar-refractivity contribution in [3.05, 3.63) is 66.0 Å². The van der Waals surface area contributed by atoms with E-state index in [1.807, 2.05) is 0 Å². The quantitative estimate of drug-likeness (QED) is 0.368. The molecule has 3 aromatic rings. The Morgan fingerprint density at radius 3 is 2.00 bits per heavy atom. The highest BCUT2D eigenvalue weighted by Gasteiger charge is 2.37. The average Bonchev–Trinajstić information content (AvgIpc) is 2.71. The molecule has 3 nitrogen and oxygen atoms in total. The zero-order valence-corrected chi connectivity index (χ0v) is 16.2. The van der Waals surface area contributed by atoms with Crippen LogP contribution in [0, 0.1) is 0 Å². The number of rotatable bonds is 4. The van der Waals surface area contributed by atoms with Gasteiger partial charge in [0, 0.05) is 18.0 Å². The first-order valence-corrected chi connectivity index (χ1v) is 9.92. The number of hydrogen-bond acceptors (Lipinski definition) is 3. The molecule has 30 heavy (non-hydrogen) atoms. The topological polar surface area (TPSA) is 48.8 Å². The Hall–Kier alpha value is -2.59. The van der Waals surface area contributed by atoms with E-state index in [0.29, 0.717) is 34.2 Å². The molecule has 0 aliphatic rings. The van der Waals surface area contributed by atoms with E-state index in [1.54, 1.807) is 19.1 Å². The van der Waals surface area contributed by atoms with Crippen LogP contribution >= 0.6 is 0 Å². The summed E-state index contributed by atoms with van der Waals surface area (Å²) in [6.07, 6.45) is -7.23. The van der Waals surface area contributed by atoms with Gasteiger partial charge in [-0.05, 0) is 60.1 Å². The van der Waals surface area contributed by atoms with Gasteiger partial charge in [-0.2, -0.15) is 26.3 Å². The predicted molar refractivity (Wildman–Crippen MR) is 99.9 cm³/mol. The van der Waals surface area contributed by atoms with Crippen LogP contribution in [0.25, 0.3) is 22.5 Å². The summed E-state index contributed by atoms with van der Waals surface area (Å²) < 4.78 is 90.6. The van der Waals surface area contributed by atoms with Crippen LogP contribution in [0.5, 0.6) is 0 Å². The van der Waals surface area contributed by atoms with Gasteiger partial charge in [0.15, 0.2) is 4.90 Å². The molecule has 1 aromatic carbocycles. The Labute approximate surface area is 171 Å². The van der Waals surface area contributed by atoms with Gasteiger partial charge in [0.2, 0.25) is 0 Å². The zero-order chi connectivity index (χ0) is 22.1. The Bertz CT molecular complexity index is 1000. The maximum absolute atomic E-state index is 13.1. The summed E-state index contributed by atoms with van der Waals surface area (Å²) >= 11 is -1.32. The van der Waals surface area contributed by atoms with E-state index in [4.69, 9.17) is 0 Å². The highest BCUT2D eigenvalue weighted by atomic mass is 32.2. The van der Waals surface area contributed by atoms with Crippen molar-refractivity contribution < 1.29 is 30.9 Å². The lowest BCUT2D eigenvalue weighted by molar-refractivity contribution is -0.143. The lowest BCUT2D eigenvalue weighted by Crippen LogP contribution is -2.11. The molecule has 0 bridgehead atoms. The third-order valence-corrected chi connectivity index (χ3v) is 5.55. The van der Waals surface area contributed by atoms with Gasteiger partial charge in [-0.1, -0.05) is 6.07 Å². The lowest BCUT2D eigenvalue weighted by atomic mass is 10.00. The molecule has 0 saturated carbocycles. The molecule has 2 aromatic heterocycles. The lowest BCUT2D eigenvalue weighted by Gasteiger charge is -2.14. The molecule has 0 N–H and O–H groups in total. The summed E-state index contributed by atoms with van der Waals surface area (Å²) in [6, 6.07) is 7.37. The van der Waals surface area contributed by atoms with Crippen LogP contribution < -0.4 is 0 Å². The molecule has 0 amide bonds. The first-order chi connectivity index (χ1) is 14.0. The van der Waals surface area contributed by atoms with Crippen LogP contribution in [0.4, 0.5) is 26.3 Å². The standard InChI is InChI=1S/C20H14F6N2OS/c1-2-30(29)17-4-3-7-27-18(17)16-6-5-12(11-28-16)13-8-14(19(21,22)23)10-15(9-13)20(24,25)26/h3-11H,2H2,1H3. The number of pyridine rings is 2. The van der Waals surface area contributed by atoms with E-state index in [-0.39, 0.29) is 17.2 Å². The summed E-state index contributed by atoms with van der Waals surface area (Å²) in [5.74, 6) is 0.348. The van der Waals surface area contributed by atoms with Crippen molar-refractivity contribution in [3.63, 3.8) is 0 Å². The van der Waals surface area contributed by atoms with Crippen molar-refractivity contribution >= 4 is 11.2 Å². The minimum Gasteiger partial charge on any atom is -0.611 e. The second kappa shape index (κ2) is 8.27. The van der Waals surface area contributed by atoms with Crippen molar-refractivity contribution in [3.8, 4) is 22.5 Å². The smallest absolute Gasteiger partial charge is 0.416 e. The molecule has 0 fully saturated rings. The summed E-state index contributed by atoms with van der Waals surface area (Å²) in [5.41, 5.74) is -2.36. The van der Waals surface area contributed by atoms with E-state index in [0.717, 1.165) is 6.20 Å². The second-order valence-corrected chi connectivity index (χ2v) is 7.92. The molecule has 1 atom stereocenters. The van der Waals surface area contributed by atoms with Crippen molar-refractivity contribution in [2.24, 2.45) is 0 Å². The number of benzene rings is 1. The van der Waals surface area contributed by atoms with Crippen LogP contribution in [-0.2, 0) is 23.5 Å². The molecule has 0 aliphatic carbocycles. The Morgan fingerprint density at radius 1 is 0.867 bits per heavy atom. The SMILES string of the molecule is CC[S+]([O-])c1cccnc1-c1ccc(-c2cc(C(F)(F)F)cc(C(F)(F)F)c2)cn1. The van der Waals surface area contributed by atoms with Gasteiger partial charge in [0.25, 0.3) is 0 Å². The van der Waals surface area contributed by atoms with Crippen LogP contribution in [0.3, 0.4) is 0 Å². The molecule has 0 radical (unpaired) electrons. The number of halogens is 6. The van der Waals surface area contributed by atoms with Crippen molar-refractivity contribution in [2.45, 2.75) is 24.2 Å². The zero-order valence-electron chi connectivity index (χ0n) is 15.4. The van der Waals surface area contributed by atoms with Gasteiger partial charge >= 0.3 is 12.4 Å². The number of hydrogen-bond donors (Lipinski definition) is 0. The molecule has 3 rings (SSSR count). The van der Waals surface area contributed by atoms with Gasteiger partial charge in [-0.3, -0.25) is 4.98 Å². The molecule has 0 aliphatic heterocycles. The summed E-state index contributed by atoms with van der Waals surface area (Å²) in [7, 11) is 0. The summed E-state index contributed by atoms with van der Waals surface area (Å²) in [5, 5.41) is 0. The van der Waals surface area contributed by atoms with Gasteiger partial charge in [0.1, 0.15) is 11.4 Å². The van der Waals surface area contributed by atoms with E-state index in [9.17, 15) is 30.9 Å². The fraction of sp³-hybridized carbons (Fsp3) is 0.200. The second-order valence-electron chi connectivity index (χ2n) is 6.21. The number of nitrogens with zero attached hydrogens (tertiary/aromatic N) is 2. The summed E-state index contributed by atoms with van der Waals surface area (Å²) in [6.45, 7) is 1.73. The molecule has 0 saturated heterocycles. The molecule has 0 spiro atoms.